The van der Waals surface area contributed by atoms with E-state index in [0.717, 1.165) is 0 Å². The molecule has 0 spiro atoms. The van der Waals surface area contributed by atoms with E-state index in [0.29, 0.717) is 30.1 Å². The minimum atomic E-state index is -0.170. The van der Waals surface area contributed by atoms with Gasteiger partial charge in [0.05, 0.1) is 5.69 Å². The number of benzene rings is 1. The van der Waals surface area contributed by atoms with Crippen molar-refractivity contribution in [2.75, 3.05) is 23.8 Å². The molecule has 2 N–H and O–H groups in total. The molecule has 0 atom stereocenters. The van der Waals surface area contributed by atoms with Gasteiger partial charge in [-0.15, -0.1) is 0 Å². The number of carbonyl (C=O) groups is 2. The Hall–Kier alpha value is -2.04. The van der Waals surface area contributed by atoms with Gasteiger partial charge in [-0.1, -0.05) is 6.07 Å². The van der Waals surface area contributed by atoms with Gasteiger partial charge in [0.1, 0.15) is 17.2 Å². The maximum Gasteiger partial charge on any atom is 0.265 e. The molecule has 17 heavy (non-hydrogen) atoms. The number of ketones is 1. The van der Waals surface area contributed by atoms with Crippen molar-refractivity contribution >= 4 is 23.1 Å². The second-order valence-corrected chi connectivity index (χ2v) is 3.98. The van der Waals surface area contributed by atoms with Crippen LogP contribution in [-0.4, -0.2) is 24.8 Å². The molecule has 0 unspecified atom stereocenters. The molecule has 0 bridgehead atoms. The van der Waals surface area contributed by atoms with Crippen molar-refractivity contribution in [3.8, 4) is 5.75 Å². The van der Waals surface area contributed by atoms with Crippen molar-refractivity contribution < 1.29 is 14.3 Å². The summed E-state index contributed by atoms with van der Waals surface area (Å²) in [6.07, 6.45) is 0.319. The zero-order valence-electron chi connectivity index (χ0n) is 9.60. The number of carbonyl (C=O) groups excluding carboxylic acids is 2. The molecule has 1 aliphatic rings. The van der Waals surface area contributed by atoms with Crippen molar-refractivity contribution in [1.29, 1.82) is 0 Å². The Labute approximate surface area is 99.2 Å². The first-order valence-corrected chi connectivity index (χ1v) is 5.40. The van der Waals surface area contributed by atoms with Crippen LogP contribution < -0.4 is 15.4 Å². The molecule has 0 saturated heterocycles. The molecule has 0 aliphatic carbocycles. The van der Waals surface area contributed by atoms with Gasteiger partial charge in [0, 0.05) is 13.0 Å². The molecule has 1 heterocycles. The van der Waals surface area contributed by atoms with Gasteiger partial charge in [-0.05, 0) is 19.1 Å². The SMILES string of the molecule is CC(=O)CCN1C(=O)COc2cccc(N)c21. The number of nitrogens with zero attached hydrogens (tertiary/aromatic N) is 1. The number of amides is 1. The van der Waals surface area contributed by atoms with Crippen molar-refractivity contribution in [3.63, 3.8) is 0 Å². The summed E-state index contributed by atoms with van der Waals surface area (Å²) in [6.45, 7) is 1.84. The molecule has 5 heteroatoms. The number of nitrogen functional groups attached to an aromatic ring is 1. The number of hydrogen-bond acceptors (Lipinski definition) is 4. The molecule has 1 aromatic carbocycles. The van der Waals surface area contributed by atoms with Gasteiger partial charge in [-0.2, -0.15) is 0 Å². The summed E-state index contributed by atoms with van der Waals surface area (Å²) in [5, 5.41) is 0. The van der Waals surface area contributed by atoms with Gasteiger partial charge in [0.2, 0.25) is 0 Å². The molecule has 0 radical (unpaired) electrons. The van der Waals surface area contributed by atoms with Crippen molar-refractivity contribution in [2.45, 2.75) is 13.3 Å². The highest BCUT2D eigenvalue weighted by molar-refractivity contribution is 6.01. The molecule has 0 aromatic heterocycles. The van der Waals surface area contributed by atoms with Gasteiger partial charge < -0.3 is 15.4 Å². The topological polar surface area (TPSA) is 72.6 Å². The van der Waals surface area contributed by atoms with Crippen LogP contribution in [0.4, 0.5) is 11.4 Å². The second-order valence-electron chi connectivity index (χ2n) is 3.98. The van der Waals surface area contributed by atoms with E-state index >= 15 is 0 Å². The van der Waals surface area contributed by atoms with E-state index in [1.807, 2.05) is 0 Å². The number of ether oxygens (including phenoxy) is 1. The molecule has 1 amide bonds. The first-order valence-electron chi connectivity index (χ1n) is 5.40. The molecule has 0 saturated carbocycles. The van der Waals surface area contributed by atoms with Crippen molar-refractivity contribution in [1.82, 2.24) is 0 Å². The van der Waals surface area contributed by atoms with Crippen LogP contribution in [0.2, 0.25) is 0 Å². The largest absolute Gasteiger partial charge is 0.481 e. The van der Waals surface area contributed by atoms with Crippen LogP contribution >= 0.6 is 0 Å². The van der Waals surface area contributed by atoms with E-state index in [1.54, 1.807) is 18.2 Å². The summed E-state index contributed by atoms with van der Waals surface area (Å²) in [7, 11) is 0. The van der Waals surface area contributed by atoms with Crippen molar-refractivity contribution in [2.24, 2.45) is 0 Å². The smallest absolute Gasteiger partial charge is 0.265 e. The van der Waals surface area contributed by atoms with Crippen LogP contribution in [0.15, 0.2) is 18.2 Å². The average Bonchev–Trinajstić information content (AvgIpc) is 2.28. The molecular formula is C12H14N2O3. The van der Waals surface area contributed by atoms with Crippen molar-refractivity contribution in [3.05, 3.63) is 18.2 Å². The summed E-state index contributed by atoms with van der Waals surface area (Å²) >= 11 is 0. The first kappa shape index (κ1) is 11.4. The van der Waals surface area contributed by atoms with Gasteiger partial charge >= 0.3 is 0 Å². The Morgan fingerprint density at radius 1 is 1.53 bits per heavy atom. The highest BCUT2D eigenvalue weighted by Crippen LogP contribution is 2.37. The molecule has 5 nitrogen and oxygen atoms in total. The predicted octanol–water partition coefficient (Wildman–Crippen LogP) is 0.973. The number of nitrogens with two attached hydrogens (primary N) is 1. The fourth-order valence-corrected chi connectivity index (χ4v) is 1.79. The van der Waals surface area contributed by atoms with Crippen LogP contribution in [0.3, 0.4) is 0 Å². The summed E-state index contributed by atoms with van der Waals surface area (Å²) in [6, 6.07) is 5.24. The summed E-state index contributed by atoms with van der Waals surface area (Å²) in [4.78, 5) is 24.3. The van der Waals surface area contributed by atoms with Gasteiger partial charge in [-0.3, -0.25) is 9.59 Å². The fourth-order valence-electron chi connectivity index (χ4n) is 1.79. The van der Waals surface area contributed by atoms with Crippen LogP contribution in [0, 0.1) is 0 Å². The summed E-state index contributed by atoms with van der Waals surface area (Å²) in [5.41, 5.74) is 6.90. The predicted molar refractivity (Wildman–Crippen MR) is 64.0 cm³/mol. The zero-order chi connectivity index (χ0) is 12.4. The monoisotopic (exact) mass is 234 g/mol. The lowest BCUT2D eigenvalue weighted by Gasteiger charge is -2.30. The van der Waals surface area contributed by atoms with E-state index in [1.165, 1.54) is 11.8 Å². The Morgan fingerprint density at radius 3 is 3.00 bits per heavy atom. The normalized spacial score (nSPS) is 14.2. The van der Waals surface area contributed by atoms with E-state index in [-0.39, 0.29) is 18.3 Å². The van der Waals surface area contributed by atoms with Gasteiger partial charge in [0.25, 0.3) is 5.91 Å². The molecule has 0 fully saturated rings. The third kappa shape index (κ3) is 2.22. The maximum absolute atomic E-state index is 11.8. The maximum atomic E-state index is 11.8. The zero-order valence-corrected chi connectivity index (χ0v) is 9.60. The number of rotatable bonds is 3. The highest BCUT2D eigenvalue weighted by atomic mass is 16.5. The lowest BCUT2D eigenvalue weighted by atomic mass is 10.2. The lowest BCUT2D eigenvalue weighted by molar-refractivity contribution is -0.121. The number of Topliss-reactive ketones (excluding diaryl/α,β-unsaturated/α-hetero) is 1. The molecule has 1 aliphatic heterocycles. The molecular weight excluding hydrogens is 220 g/mol. The van der Waals surface area contributed by atoms with E-state index in [2.05, 4.69) is 0 Å². The molecule has 2 rings (SSSR count). The molecule has 1 aromatic rings. The minimum absolute atomic E-state index is 0.00560. The van der Waals surface area contributed by atoms with Crippen LogP contribution in [0.5, 0.6) is 5.75 Å². The number of anilines is 2. The van der Waals surface area contributed by atoms with Crippen LogP contribution in [0.1, 0.15) is 13.3 Å². The standard InChI is InChI=1S/C12H14N2O3/c1-8(15)5-6-14-11(16)7-17-10-4-2-3-9(13)12(10)14/h2-4H,5-7,13H2,1H3. The van der Waals surface area contributed by atoms with E-state index in [4.69, 9.17) is 10.5 Å². The molecule has 90 valence electrons. The Kier molecular flexibility index (Phi) is 2.99. The first-order chi connectivity index (χ1) is 8.09. The third-order valence-corrected chi connectivity index (χ3v) is 2.64. The summed E-state index contributed by atoms with van der Waals surface area (Å²) < 4.78 is 5.30. The number of para-hydroxylation sites is 1. The third-order valence-electron chi connectivity index (χ3n) is 2.64. The van der Waals surface area contributed by atoms with Gasteiger partial charge in [-0.25, -0.2) is 0 Å². The van der Waals surface area contributed by atoms with Crippen LogP contribution in [0.25, 0.3) is 0 Å². The quantitative estimate of drug-likeness (QED) is 0.791. The highest BCUT2D eigenvalue weighted by Gasteiger charge is 2.27. The number of fused-ring (bicyclic) bond motifs is 1. The second kappa shape index (κ2) is 4.45. The Bertz CT molecular complexity index is 471. The van der Waals surface area contributed by atoms with Crippen LogP contribution in [-0.2, 0) is 9.59 Å². The van der Waals surface area contributed by atoms with Gasteiger partial charge in [0.15, 0.2) is 6.61 Å². The Morgan fingerprint density at radius 2 is 2.29 bits per heavy atom. The lowest BCUT2D eigenvalue weighted by Crippen LogP contribution is -2.40. The number of hydrogen-bond donors (Lipinski definition) is 1. The average molecular weight is 234 g/mol. The Balaban J connectivity index is 2.32. The summed E-state index contributed by atoms with van der Waals surface area (Å²) in [5.74, 6) is 0.463. The minimum Gasteiger partial charge on any atom is -0.481 e. The van der Waals surface area contributed by atoms with E-state index in [9.17, 15) is 9.59 Å². The van der Waals surface area contributed by atoms with E-state index < -0.39 is 0 Å². The fraction of sp³-hybridized carbons (Fsp3) is 0.333.